The Labute approximate surface area is 373 Å². The van der Waals surface area contributed by atoms with Crippen molar-refractivity contribution in [3.8, 4) is 0 Å². The molecule has 2 aromatic heterocycles. The van der Waals surface area contributed by atoms with E-state index in [-0.39, 0.29) is 36.4 Å². The predicted molar refractivity (Wildman–Crippen MR) is 247 cm³/mol. The number of fused-ring (bicyclic) bond motifs is 3. The Morgan fingerprint density at radius 3 is 2.52 bits per heavy atom. The Kier molecular flexibility index (Phi) is 10.8. The van der Waals surface area contributed by atoms with Crippen molar-refractivity contribution in [2.24, 2.45) is 24.8 Å². The predicted octanol–water partition coefficient (Wildman–Crippen LogP) is 10.2. The van der Waals surface area contributed by atoms with Gasteiger partial charge in [-0.15, -0.1) is 0 Å². The number of nitrogens with zero attached hydrogens (tertiary/aromatic N) is 7. The highest BCUT2D eigenvalue weighted by Crippen LogP contribution is 2.49. The van der Waals surface area contributed by atoms with E-state index in [0.29, 0.717) is 28.6 Å². The summed E-state index contributed by atoms with van der Waals surface area (Å²) in [5.74, 6) is -0.716. The molecule has 1 aliphatic carbocycles. The summed E-state index contributed by atoms with van der Waals surface area (Å²) in [6.07, 6.45) is 7.91. The van der Waals surface area contributed by atoms with Crippen LogP contribution in [0.2, 0.25) is 5.02 Å². The normalized spacial score (nSPS) is 25.7. The van der Waals surface area contributed by atoms with Crippen molar-refractivity contribution in [2.75, 3.05) is 54.9 Å². The molecule has 0 spiro atoms. The van der Waals surface area contributed by atoms with Crippen LogP contribution < -0.4 is 25.8 Å². The molecular weight excluding hydrogens is 821 g/mol. The first-order valence-corrected chi connectivity index (χ1v) is 23.1. The second-order valence-corrected chi connectivity index (χ2v) is 19.5. The Morgan fingerprint density at radius 1 is 0.984 bits per heavy atom. The van der Waals surface area contributed by atoms with E-state index in [1.54, 1.807) is 12.3 Å². The van der Waals surface area contributed by atoms with Gasteiger partial charge in [0, 0.05) is 85.5 Å². The van der Waals surface area contributed by atoms with Crippen LogP contribution in [0, 0.1) is 23.6 Å². The number of aryl methyl sites for hydroxylation is 1. The number of rotatable bonds is 8. The van der Waals surface area contributed by atoms with Gasteiger partial charge in [-0.2, -0.15) is 10.1 Å². The highest BCUT2D eigenvalue weighted by atomic mass is 35.5. The van der Waals surface area contributed by atoms with Crippen LogP contribution in [0.4, 0.5) is 36.3 Å². The highest BCUT2D eigenvalue weighted by molar-refractivity contribution is 6.32. The zero-order chi connectivity index (χ0) is 43.9. The first-order valence-electron chi connectivity index (χ1n) is 22.7. The van der Waals surface area contributed by atoms with Gasteiger partial charge in [-0.05, 0) is 130 Å². The number of allylic oxidation sites excluding steroid dienone is 3. The molecule has 0 amide bonds. The van der Waals surface area contributed by atoms with Crippen LogP contribution in [-0.4, -0.2) is 76.4 Å². The topological polar surface area (TPSA) is 89.4 Å². The van der Waals surface area contributed by atoms with E-state index in [2.05, 4.69) is 57.4 Å². The van der Waals surface area contributed by atoms with Gasteiger partial charge in [-0.3, -0.25) is 4.68 Å². The van der Waals surface area contributed by atoms with Crippen molar-refractivity contribution < 1.29 is 13.2 Å². The highest BCUT2D eigenvalue weighted by Gasteiger charge is 2.50. The van der Waals surface area contributed by atoms with Gasteiger partial charge in [0.25, 0.3) is 5.92 Å². The summed E-state index contributed by atoms with van der Waals surface area (Å²) in [5, 5.41) is 16.2. The average molecular weight is 880 g/mol. The number of halogens is 4. The maximum atomic E-state index is 15.9. The van der Waals surface area contributed by atoms with Crippen molar-refractivity contribution in [1.82, 2.24) is 35.3 Å². The lowest BCUT2D eigenvalue weighted by molar-refractivity contribution is -0.0441. The molecule has 63 heavy (non-hydrogen) atoms. The van der Waals surface area contributed by atoms with E-state index >= 15 is 13.2 Å². The molecule has 7 heterocycles. The van der Waals surface area contributed by atoms with Crippen molar-refractivity contribution >= 4 is 51.3 Å². The van der Waals surface area contributed by atoms with Crippen LogP contribution in [0.3, 0.4) is 0 Å². The lowest BCUT2D eigenvalue weighted by Gasteiger charge is -2.41. The molecule has 0 radical (unpaired) electrons. The molecule has 2 unspecified atom stereocenters. The molecule has 0 bridgehead atoms. The fourth-order valence-electron chi connectivity index (χ4n) is 11.0. The number of piperidine rings is 3. The third kappa shape index (κ3) is 7.87. The molecule has 4 fully saturated rings. The van der Waals surface area contributed by atoms with Crippen LogP contribution in [-0.2, 0) is 7.05 Å². The van der Waals surface area contributed by atoms with Crippen molar-refractivity contribution in [3.63, 3.8) is 0 Å². The standard InChI is InChI=1S/C49H58ClF3N10/c1-27-25-63(20-16-33(27)26-62-18-14-31(15-19-62)37-23-43-39(22-41(37)51)45(59-61(43)6)35-11-7-28(2)55-29(35)3)48-54-24-40(50)47(58-48)56-34-10-12-42-38(21-34)44-36(30(4)60(42)5)13-17-49(52,53)46(57-44)32-8-9-32/h10,12,21-24,27,31-33,35,46,55,57H,2-4,7-9,11,13-20,25-26H2,1,5-6H3,(H,54,56,58)/t27-,33-,35?,46?/m0/s1. The molecule has 5 aliphatic heterocycles. The van der Waals surface area contributed by atoms with E-state index < -0.39 is 12.0 Å². The first kappa shape index (κ1) is 42.0. The zero-order valence-corrected chi connectivity index (χ0v) is 37.3. The Morgan fingerprint density at radius 2 is 1.78 bits per heavy atom. The molecule has 3 N–H and O–H groups in total. The molecule has 1 saturated carbocycles. The maximum absolute atomic E-state index is 15.9. The molecule has 332 valence electrons. The van der Waals surface area contributed by atoms with Gasteiger partial charge in [0.2, 0.25) is 5.95 Å². The molecule has 10 rings (SSSR count). The first-order chi connectivity index (χ1) is 30.2. The van der Waals surface area contributed by atoms with Crippen molar-refractivity contribution in [3.05, 3.63) is 107 Å². The number of likely N-dealkylation sites (N-methyl/N-ethyl adjacent to an activating group) is 1. The summed E-state index contributed by atoms with van der Waals surface area (Å²) < 4.78 is 48.6. The van der Waals surface area contributed by atoms with Crippen LogP contribution in [0.25, 0.3) is 16.6 Å². The number of alkyl halides is 2. The number of benzene rings is 2. The van der Waals surface area contributed by atoms with Gasteiger partial charge in [-0.25, -0.2) is 18.2 Å². The summed E-state index contributed by atoms with van der Waals surface area (Å²) in [4.78, 5) is 16.4. The molecule has 10 nitrogen and oxygen atoms in total. The van der Waals surface area contributed by atoms with E-state index in [1.165, 1.54) is 0 Å². The molecule has 14 heteroatoms. The van der Waals surface area contributed by atoms with Crippen LogP contribution in [0.1, 0.15) is 93.4 Å². The Balaban J connectivity index is 0.774. The lowest BCUT2D eigenvalue weighted by Crippen LogP contribution is -2.45. The third-order valence-electron chi connectivity index (χ3n) is 14.9. The number of hydrogen-bond donors (Lipinski definition) is 3. The quantitative estimate of drug-likeness (QED) is 0.160. The zero-order valence-electron chi connectivity index (χ0n) is 36.6. The summed E-state index contributed by atoms with van der Waals surface area (Å²) in [7, 11) is 3.89. The monoisotopic (exact) mass is 878 g/mol. The largest absolute Gasteiger partial charge is 0.375 e. The van der Waals surface area contributed by atoms with Gasteiger partial charge in [0.15, 0.2) is 5.82 Å². The van der Waals surface area contributed by atoms with Crippen molar-refractivity contribution in [1.29, 1.82) is 0 Å². The number of likely N-dealkylation sites (tertiary alicyclic amines) is 1. The summed E-state index contributed by atoms with van der Waals surface area (Å²) >= 11 is 6.72. The number of aromatic nitrogens is 4. The Bertz CT molecular complexity index is 2540. The second-order valence-electron chi connectivity index (χ2n) is 19.1. The summed E-state index contributed by atoms with van der Waals surface area (Å²) in [6, 6.07) is 8.81. The third-order valence-corrected chi connectivity index (χ3v) is 15.2. The lowest BCUT2D eigenvalue weighted by atomic mass is 9.84. The van der Waals surface area contributed by atoms with Gasteiger partial charge in [0.05, 0.1) is 29.1 Å². The SMILES string of the molecule is C=C1CCC(c2nn(C)c3cc(C4CCN(C[C@@H]5CCN(c6ncc(Cl)c(Nc7ccc8c(c7)C7=C(CCC(F)(F)C(C9CC9)N7)C(=C)N8C)n6)C[C@@H]5C)CC4)c(F)cc23)C(=C)N1. The van der Waals surface area contributed by atoms with Gasteiger partial charge in [0.1, 0.15) is 10.8 Å². The van der Waals surface area contributed by atoms with Gasteiger partial charge >= 0.3 is 0 Å². The minimum atomic E-state index is -2.80. The maximum Gasteiger partial charge on any atom is 0.268 e. The molecule has 4 atom stereocenters. The van der Waals surface area contributed by atoms with Gasteiger partial charge in [-0.1, -0.05) is 38.3 Å². The molecule has 3 saturated heterocycles. The minimum absolute atomic E-state index is 0.0247. The van der Waals surface area contributed by atoms with Crippen LogP contribution in [0.15, 0.2) is 78.9 Å². The van der Waals surface area contributed by atoms with Crippen molar-refractivity contribution in [2.45, 2.75) is 88.5 Å². The van der Waals surface area contributed by atoms with E-state index in [0.717, 1.165) is 145 Å². The molecule has 2 aromatic carbocycles. The van der Waals surface area contributed by atoms with E-state index in [9.17, 15) is 0 Å². The van der Waals surface area contributed by atoms with Gasteiger partial charge < -0.3 is 30.7 Å². The fourth-order valence-corrected chi connectivity index (χ4v) is 11.1. The smallest absolute Gasteiger partial charge is 0.268 e. The fraction of sp³-hybridized carbons (Fsp3) is 0.490. The summed E-state index contributed by atoms with van der Waals surface area (Å²) in [6.45, 7) is 19.4. The number of anilines is 4. The second kappa shape index (κ2) is 16.2. The number of hydrogen-bond acceptors (Lipinski definition) is 9. The van der Waals surface area contributed by atoms with E-state index in [1.807, 2.05) is 47.9 Å². The van der Waals surface area contributed by atoms with E-state index in [4.69, 9.17) is 21.7 Å². The summed E-state index contributed by atoms with van der Waals surface area (Å²) in [5.41, 5.74) is 9.34. The molecule has 4 aromatic rings. The Hall–Kier alpha value is -5.01. The van der Waals surface area contributed by atoms with Crippen LogP contribution >= 0.6 is 11.6 Å². The minimum Gasteiger partial charge on any atom is -0.375 e. The number of nitrogens with one attached hydrogen (secondary N) is 3. The molecule has 6 aliphatic rings. The van der Waals surface area contributed by atoms with Crippen LogP contribution in [0.5, 0.6) is 0 Å². The average Bonchev–Trinajstić information content (AvgIpc) is 4.07. The molecular formula is C49H58ClF3N10.